The fourth-order valence-electron chi connectivity index (χ4n) is 2.24. The van der Waals surface area contributed by atoms with Gasteiger partial charge in [0.1, 0.15) is 0 Å². The molecule has 0 bridgehead atoms. The van der Waals surface area contributed by atoms with Crippen molar-refractivity contribution in [1.82, 2.24) is 19.6 Å². The van der Waals surface area contributed by atoms with Gasteiger partial charge in [0.15, 0.2) is 0 Å². The highest BCUT2D eigenvalue weighted by Crippen LogP contribution is 1.98. The molecule has 0 spiro atoms. The molecule has 0 radical (unpaired) electrons. The van der Waals surface area contributed by atoms with Crippen LogP contribution >= 0.6 is 0 Å². The van der Waals surface area contributed by atoms with Crippen LogP contribution in [0.3, 0.4) is 0 Å². The van der Waals surface area contributed by atoms with E-state index in [0.29, 0.717) is 0 Å². The van der Waals surface area contributed by atoms with Crippen molar-refractivity contribution in [2.45, 2.75) is 13.8 Å². The Morgan fingerprint density at radius 1 is 0.600 bits per heavy atom. The van der Waals surface area contributed by atoms with Crippen LogP contribution in [0.4, 0.5) is 0 Å². The molecule has 20 heavy (non-hydrogen) atoms. The number of carbonyl (C=O) groups is 2. The molecule has 0 aromatic rings. The van der Waals surface area contributed by atoms with E-state index in [1.165, 1.54) is 0 Å². The summed E-state index contributed by atoms with van der Waals surface area (Å²) in [5, 5.41) is 0. The van der Waals surface area contributed by atoms with Gasteiger partial charge < -0.3 is 19.6 Å². The van der Waals surface area contributed by atoms with Gasteiger partial charge in [0.05, 0.1) is 0 Å². The summed E-state index contributed by atoms with van der Waals surface area (Å²) in [5.74, 6) is 0.404. The summed E-state index contributed by atoms with van der Waals surface area (Å²) in [7, 11) is 4.16. The van der Waals surface area contributed by atoms with Gasteiger partial charge in [0, 0.05) is 66.2 Å². The predicted octanol–water partition coefficient (Wildman–Crippen LogP) is -0.439. The lowest BCUT2D eigenvalue weighted by Crippen LogP contribution is -2.46. The minimum absolute atomic E-state index is 0.202. The van der Waals surface area contributed by atoms with Crippen molar-refractivity contribution in [3.8, 4) is 0 Å². The summed E-state index contributed by atoms with van der Waals surface area (Å²) in [4.78, 5) is 29.9. The van der Waals surface area contributed by atoms with E-state index in [-0.39, 0.29) is 11.8 Å². The Morgan fingerprint density at radius 2 is 0.850 bits per heavy atom. The van der Waals surface area contributed by atoms with Crippen molar-refractivity contribution < 1.29 is 9.59 Å². The number of rotatable bonds is 0. The van der Waals surface area contributed by atoms with Gasteiger partial charge in [-0.2, -0.15) is 0 Å². The Morgan fingerprint density at radius 3 is 1.05 bits per heavy atom. The Kier molecular flexibility index (Phi) is 6.95. The Labute approximate surface area is 122 Å². The van der Waals surface area contributed by atoms with Crippen LogP contribution in [0.15, 0.2) is 0 Å². The SMILES string of the molecule is CC(=O)N1CCN(C)CC1.CC(=O)N1CCN(C)CC1. The van der Waals surface area contributed by atoms with E-state index in [9.17, 15) is 9.59 Å². The summed E-state index contributed by atoms with van der Waals surface area (Å²) in [6, 6.07) is 0. The van der Waals surface area contributed by atoms with Crippen molar-refractivity contribution >= 4 is 11.8 Å². The minimum Gasteiger partial charge on any atom is -0.340 e. The number of likely N-dealkylation sites (N-methyl/N-ethyl adjacent to an activating group) is 2. The first-order valence-corrected chi connectivity index (χ1v) is 7.28. The molecule has 2 aliphatic heterocycles. The number of nitrogens with zero attached hydrogens (tertiary/aromatic N) is 4. The lowest BCUT2D eigenvalue weighted by atomic mass is 10.3. The molecule has 0 aliphatic carbocycles. The maximum absolute atomic E-state index is 10.8. The molecule has 6 nitrogen and oxygen atoms in total. The van der Waals surface area contributed by atoms with E-state index in [2.05, 4.69) is 23.9 Å². The Bertz CT molecular complexity index is 287. The van der Waals surface area contributed by atoms with Gasteiger partial charge in [-0.15, -0.1) is 0 Å². The largest absolute Gasteiger partial charge is 0.340 e. The Balaban J connectivity index is 0.000000200. The average Bonchev–Trinajstić information content (AvgIpc) is 2.40. The van der Waals surface area contributed by atoms with Gasteiger partial charge in [0.2, 0.25) is 11.8 Å². The van der Waals surface area contributed by atoms with Crippen molar-refractivity contribution in [2.24, 2.45) is 0 Å². The fraction of sp³-hybridized carbons (Fsp3) is 0.857. The number of carbonyl (C=O) groups excluding carboxylic acids is 2. The van der Waals surface area contributed by atoms with Crippen molar-refractivity contribution in [2.75, 3.05) is 66.5 Å². The molecule has 0 unspecified atom stereocenters. The van der Waals surface area contributed by atoms with Crippen LogP contribution < -0.4 is 0 Å². The van der Waals surface area contributed by atoms with Gasteiger partial charge in [-0.3, -0.25) is 9.59 Å². The molecule has 2 fully saturated rings. The van der Waals surface area contributed by atoms with E-state index in [1.807, 2.05) is 9.80 Å². The predicted molar refractivity (Wildman–Crippen MR) is 79.5 cm³/mol. The lowest BCUT2D eigenvalue weighted by Gasteiger charge is -2.31. The summed E-state index contributed by atoms with van der Waals surface area (Å²) in [6.07, 6.45) is 0. The highest BCUT2D eigenvalue weighted by molar-refractivity contribution is 5.73. The maximum atomic E-state index is 10.8. The summed E-state index contributed by atoms with van der Waals surface area (Å²) in [6.45, 7) is 10.9. The molecule has 116 valence electrons. The molecular formula is C14H28N4O2. The van der Waals surface area contributed by atoms with Crippen LogP contribution in [0.2, 0.25) is 0 Å². The summed E-state index contributed by atoms with van der Waals surface area (Å²) >= 11 is 0. The zero-order chi connectivity index (χ0) is 15.1. The Hall–Kier alpha value is -1.14. The number of hydrogen-bond acceptors (Lipinski definition) is 4. The van der Waals surface area contributed by atoms with Crippen LogP contribution in [0.1, 0.15) is 13.8 Å². The second kappa shape index (κ2) is 8.21. The third kappa shape index (κ3) is 5.88. The van der Waals surface area contributed by atoms with E-state index < -0.39 is 0 Å². The van der Waals surface area contributed by atoms with Gasteiger partial charge in [-0.25, -0.2) is 0 Å². The van der Waals surface area contributed by atoms with Gasteiger partial charge in [-0.05, 0) is 14.1 Å². The first kappa shape index (κ1) is 16.9. The second-order valence-electron chi connectivity index (χ2n) is 5.62. The van der Waals surface area contributed by atoms with E-state index in [1.54, 1.807) is 13.8 Å². The first-order chi connectivity index (χ1) is 9.40. The van der Waals surface area contributed by atoms with Crippen LogP contribution in [0.25, 0.3) is 0 Å². The van der Waals surface area contributed by atoms with Crippen molar-refractivity contribution in [3.05, 3.63) is 0 Å². The van der Waals surface area contributed by atoms with E-state index in [4.69, 9.17) is 0 Å². The number of amides is 2. The molecule has 0 aromatic carbocycles. The highest BCUT2D eigenvalue weighted by Gasteiger charge is 2.15. The average molecular weight is 284 g/mol. The first-order valence-electron chi connectivity index (χ1n) is 7.28. The van der Waals surface area contributed by atoms with Crippen LogP contribution in [0.5, 0.6) is 0 Å². The molecule has 0 atom stereocenters. The van der Waals surface area contributed by atoms with E-state index >= 15 is 0 Å². The topological polar surface area (TPSA) is 47.1 Å². The van der Waals surface area contributed by atoms with Gasteiger partial charge in [-0.1, -0.05) is 0 Å². The molecule has 0 saturated carbocycles. The fourth-order valence-corrected chi connectivity index (χ4v) is 2.24. The monoisotopic (exact) mass is 284 g/mol. The van der Waals surface area contributed by atoms with E-state index in [0.717, 1.165) is 52.4 Å². The van der Waals surface area contributed by atoms with Crippen LogP contribution in [-0.4, -0.2) is 97.9 Å². The zero-order valence-corrected chi connectivity index (χ0v) is 13.3. The second-order valence-corrected chi connectivity index (χ2v) is 5.62. The van der Waals surface area contributed by atoms with Crippen molar-refractivity contribution in [1.29, 1.82) is 0 Å². The van der Waals surface area contributed by atoms with Gasteiger partial charge >= 0.3 is 0 Å². The summed E-state index contributed by atoms with van der Waals surface area (Å²) in [5.41, 5.74) is 0. The molecule has 6 heteroatoms. The highest BCUT2D eigenvalue weighted by atomic mass is 16.2. The van der Waals surface area contributed by atoms with Gasteiger partial charge in [0.25, 0.3) is 0 Å². The molecule has 2 amide bonds. The smallest absolute Gasteiger partial charge is 0.219 e. The summed E-state index contributed by atoms with van der Waals surface area (Å²) < 4.78 is 0. The van der Waals surface area contributed by atoms with Crippen molar-refractivity contribution in [3.63, 3.8) is 0 Å². The number of piperazine rings is 2. The quantitative estimate of drug-likeness (QED) is 0.605. The van der Waals surface area contributed by atoms with Crippen LogP contribution in [-0.2, 0) is 9.59 Å². The lowest BCUT2D eigenvalue weighted by molar-refractivity contribution is -0.131. The molecule has 0 N–H and O–H groups in total. The third-order valence-corrected chi connectivity index (χ3v) is 3.90. The molecule has 2 aliphatic rings. The molecule has 0 aromatic heterocycles. The third-order valence-electron chi connectivity index (χ3n) is 3.90. The van der Waals surface area contributed by atoms with Crippen LogP contribution in [0, 0.1) is 0 Å². The number of hydrogen-bond donors (Lipinski definition) is 0. The molecule has 2 heterocycles. The normalized spacial score (nSPS) is 21.2. The maximum Gasteiger partial charge on any atom is 0.219 e. The minimum atomic E-state index is 0.202. The molecular weight excluding hydrogens is 256 g/mol. The molecule has 2 rings (SSSR count). The zero-order valence-electron chi connectivity index (χ0n) is 13.3. The standard InChI is InChI=1S/2C7H14N2O/c2*1-7(10)9-5-3-8(2)4-6-9/h2*3-6H2,1-2H3. The molecule has 2 saturated heterocycles.